The van der Waals surface area contributed by atoms with E-state index in [-0.39, 0.29) is 16.7 Å². The van der Waals surface area contributed by atoms with Crippen molar-refractivity contribution in [2.24, 2.45) is 0 Å². The Labute approximate surface area is 171 Å². The quantitative estimate of drug-likeness (QED) is 0.723. The van der Waals surface area contributed by atoms with Gasteiger partial charge in [-0.05, 0) is 50.6 Å². The zero-order chi connectivity index (χ0) is 21.0. The van der Waals surface area contributed by atoms with Gasteiger partial charge in [-0.2, -0.15) is 0 Å². The van der Waals surface area contributed by atoms with Gasteiger partial charge in [-0.1, -0.05) is 6.42 Å². The van der Waals surface area contributed by atoms with E-state index >= 15 is 0 Å². The maximum atomic E-state index is 12.3. The second kappa shape index (κ2) is 9.02. The topological polar surface area (TPSA) is 109 Å². The van der Waals surface area contributed by atoms with Crippen LogP contribution >= 0.6 is 0 Å². The second-order valence-corrected chi connectivity index (χ2v) is 9.51. The third-order valence-electron chi connectivity index (χ3n) is 5.12. The van der Waals surface area contributed by atoms with E-state index in [0.717, 1.165) is 17.4 Å². The van der Waals surface area contributed by atoms with Crippen LogP contribution in [-0.4, -0.2) is 73.5 Å². The van der Waals surface area contributed by atoms with Gasteiger partial charge in [0.05, 0.1) is 4.90 Å². The molecular weight excluding hydrogens is 394 g/mol. The first-order valence-corrected chi connectivity index (χ1v) is 11.1. The highest BCUT2D eigenvalue weighted by atomic mass is 32.2. The van der Waals surface area contributed by atoms with E-state index in [9.17, 15) is 13.2 Å². The van der Waals surface area contributed by atoms with Crippen LogP contribution in [0.5, 0.6) is 0 Å². The third kappa shape index (κ3) is 5.01. The highest BCUT2D eigenvalue weighted by Gasteiger charge is 2.20. The largest absolute Gasteiger partial charge is 0.412 e. The van der Waals surface area contributed by atoms with Crippen molar-refractivity contribution in [1.82, 2.24) is 24.7 Å². The average Bonchev–Trinajstić information content (AvgIpc) is 3.20. The number of benzene rings is 1. The van der Waals surface area contributed by atoms with Crippen molar-refractivity contribution in [2.45, 2.75) is 37.1 Å². The van der Waals surface area contributed by atoms with E-state index in [4.69, 9.17) is 4.42 Å². The summed E-state index contributed by atoms with van der Waals surface area (Å²) in [6.45, 7) is 4.56. The van der Waals surface area contributed by atoms with Gasteiger partial charge in [0.25, 0.3) is 0 Å². The summed E-state index contributed by atoms with van der Waals surface area (Å²) in [5.74, 6) is -0.370. The zero-order valence-corrected chi connectivity index (χ0v) is 17.8. The number of hydrogen-bond acceptors (Lipinski definition) is 7. The summed E-state index contributed by atoms with van der Waals surface area (Å²) in [5, 5.41) is 10.5. The molecule has 1 aromatic carbocycles. The van der Waals surface area contributed by atoms with Gasteiger partial charge < -0.3 is 9.73 Å². The molecule has 1 atom stereocenters. The first-order valence-electron chi connectivity index (χ1n) is 9.68. The lowest BCUT2D eigenvalue weighted by Gasteiger charge is -2.33. The van der Waals surface area contributed by atoms with Crippen molar-refractivity contribution >= 4 is 15.9 Å². The number of hydrogen-bond donors (Lipinski definition) is 1. The van der Waals surface area contributed by atoms with Crippen LogP contribution < -0.4 is 5.32 Å². The van der Waals surface area contributed by atoms with Crippen molar-refractivity contribution in [1.29, 1.82) is 0 Å². The molecule has 0 aliphatic carbocycles. The molecule has 2 heterocycles. The summed E-state index contributed by atoms with van der Waals surface area (Å²) in [6.07, 6.45) is 3.65. The van der Waals surface area contributed by atoms with Crippen LogP contribution in [0.4, 0.5) is 0 Å². The molecule has 0 saturated carbocycles. The first-order chi connectivity index (χ1) is 13.8. The Morgan fingerprint density at radius 2 is 1.97 bits per heavy atom. The SMILES string of the molecule is C[C@@H]1CCCCN1CCNC(=O)c1nnc(-c2ccc(S(=O)(=O)N(C)C)cc2)o1. The Hall–Kier alpha value is -2.30. The molecule has 1 N–H and O–H groups in total. The van der Waals surface area contributed by atoms with Crippen LogP contribution in [0.25, 0.3) is 11.5 Å². The summed E-state index contributed by atoms with van der Waals surface area (Å²) in [4.78, 5) is 14.8. The third-order valence-corrected chi connectivity index (χ3v) is 6.95. The maximum Gasteiger partial charge on any atom is 0.308 e. The summed E-state index contributed by atoms with van der Waals surface area (Å²) >= 11 is 0. The van der Waals surface area contributed by atoms with Gasteiger partial charge in [0.1, 0.15) is 0 Å². The van der Waals surface area contributed by atoms with Gasteiger partial charge in [-0.3, -0.25) is 9.69 Å². The number of carbonyl (C=O) groups excluding carboxylic acids is 1. The first kappa shape index (κ1) is 21.4. The lowest BCUT2D eigenvalue weighted by atomic mass is 10.0. The minimum absolute atomic E-state index is 0.114. The molecule has 0 radical (unpaired) electrons. The lowest BCUT2D eigenvalue weighted by Crippen LogP contribution is -2.42. The van der Waals surface area contributed by atoms with Crippen LogP contribution in [0, 0.1) is 0 Å². The molecule has 1 amide bonds. The van der Waals surface area contributed by atoms with Gasteiger partial charge in [0.15, 0.2) is 0 Å². The number of likely N-dealkylation sites (tertiary alicyclic amines) is 1. The maximum absolute atomic E-state index is 12.3. The second-order valence-electron chi connectivity index (χ2n) is 7.36. The molecule has 29 heavy (non-hydrogen) atoms. The minimum Gasteiger partial charge on any atom is -0.412 e. The van der Waals surface area contributed by atoms with Gasteiger partial charge in [0.2, 0.25) is 15.9 Å². The number of carbonyl (C=O) groups is 1. The average molecular weight is 422 g/mol. The number of amides is 1. The van der Waals surface area contributed by atoms with Crippen molar-refractivity contribution in [3.05, 3.63) is 30.2 Å². The molecule has 1 aromatic heterocycles. The Morgan fingerprint density at radius 1 is 1.24 bits per heavy atom. The van der Waals surface area contributed by atoms with Crippen molar-refractivity contribution < 1.29 is 17.6 Å². The van der Waals surface area contributed by atoms with E-state index in [0.29, 0.717) is 18.2 Å². The van der Waals surface area contributed by atoms with Crippen molar-refractivity contribution in [3.8, 4) is 11.5 Å². The van der Waals surface area contributed by atoms with Crippen molar-refractivity contribution in [3.63, 3.8) is 0 Å². The molecule has 1 aliphatic rings. The molecule has 9 nitrogen and oxygen atoms in total. The molecule has 10 heteroatoms. The zero-order valence-electron chi connectivity index (χ0n) is 17.0. The molecule has 0 unspecified atom stereocenters. The van der Waals surface area contributed by atoms with Crippen LogP contribution in [-0.2, 0) is 10.0 Å². The Kier molecular flexibility index (Phi) is 6.66. The molecule has 0 bridgehead atoms. The van der Waals surface area contributed by atoms with E-state index in [1.807, 2.05) is 0 Å². The number of nitrogens with one attached hydrogen (secondary N) is 1. The fourth-order valence-corrected chi connectivity index (χ4v) is 4.19. The van der Waals surface area contributed by atoms with Gasteiger partial charge in [-0.15, -0.1) is 10.2 Å². The lowest BCUT2D eigenvalue weighted by molar-refractivity contribution is 0.0905. The van der Waals surface area contributed by atoms with Gasteiger partial charge >= 0.3 is 11.8 Å². The molecule has 2 aromatic rings. The number of piperidine rings is 1. The normalized spacial score (nSPS) is 18.1. The van der Waals surface area contributed by atoms with E-state index in [1.54, 1.807) is 12.1 Å². The Morgan fingerprint density at radius 3 is 2.62 bits per heavy atom. The van der Waals surface area contributed by atoms with Crippen LogP contribution in [0.2, 0.25) is 0 Å². The van der Waals surface area contributed by atoms with E-state index in [1.165, 1.54) is 45.5 Å². The fraction of sp³-hybridized carbons (Fsp3) is 0.526. The smallest absolute Gasteiger partial charge is 0.308 e. The summed E-state index contributed by atoms with van der Waals surface area (Å²) in [5.41, 5.74) is 0.538. The Bertz CT molecular complexity index is 940. The van der Waals surface area contributed by atoms with Gasteiger partial charge in [-0.25, -0.2) is 12.7 Å². The molecule has 1 aliphatic heterocycles. The molecule has 1 fully saturated rings. The summed E-state index contributed by atoms with van der Waals surface area (Å²) < 4.78 is 30.9. The van der Waals surface area contributed by atoms with Crippen LogP contribution in [0.1, 0.15) is 36.9 Å². The summed E-state index contributed by atoms with van der Waals surface area (Å²) in [7, 11) is -0.569. The molecule has 3 rings (SSSR count). The monoisotopic (exact) mass is 421 g/mol. The number of rotatable bonds is 7. The molecule has 1 saturated heterocycles. The predicted molar refractivity (Wildman–Crippen MR) is 108 cm³/mol. The van der Waals surface area contributed by atoms with Crippen molar-refractivity contribution in [2.75, 3.05) is 33.7 Å². The number of sulfonamides is 1. The van der Waals surface area contributed by atoms with E-state index < -0.39 is 15.9 Å². The molecular formula is C19H27N5O4S. The van der Waals surface area contributed by atoms with E-state index in [2.05, 4.69) is 27.3 Å². The molecule has 0 spiro atoms. The van der Waals surface area contributed by atoms with Gasteiger partial charge in [0, 0.05) is 38.8 Å². The fourth-order valence-electron chi connectivity index (χ4n) is 3.29. The minimum atomic E-state index is -3.51. The predicted octanol–water partition coefficient (Wildman–Crippen LogP) is 1.59. The Balaban J connectivity index is 1.59. The highest BCUT2D eigenvalue weighted by Crippen LogP contribution is 2.21. The number of nitrogens with zero attached hydrogens (tertiary/aromatic N) is 4. The van der Waals surface area contributed by atoms with Crippen LogP contribution in [0.3, 0.4) is 0 Å². The van der Waals surface area contributed by atoms with Crippen LogP contribution in [0.15, 0.2) is 33.6 Å². The number of aromatic nitrogens is 2. The highest BCUT2D eigenvalue weighted by molar-refractivity contribution is 7.89. The standard InChI is InChI=1S/C19H27N5O4S/c1-14-6-4-5-12-24(14)13-11-20-17(25)19-22-21-18(28-19)15-7-9-16(10-8-15)29(26,27)23(2)3/h7-10,14H,4-6,11-13H2,1-3H3,(H,20,25)/t14-/m1/s1. The molecule has 158 valence electrons. The summed E-state index contributed by atoms with van der Waals surface area (Å²) in [6, 6.07) is 6.62.